The first-order chi connectivity index (χ1) is 9.33. The summed E-state index contributed by atoms with van der Waals surface area (Å²) >= 11 is 0. The van der Waals surface area contributed by atoms with E-state index in [1.54, 1.807) is 0 Å². The van der Waals surface area contributed by atoms with Crippen molar-refractivity contribution in [1.82, 2.24) is 4.90 Å². The van der Waals surface area contributed by atoms with E-state index in [9.17, 15) is 0 Å². The van der Waals surface area contributed by atoms with E-state index in [0.717, 1.165) is 25.3 Å². The van der Waals surface area contributed by atoms with Crippen molar-refractivity contribution >= 4 is 0 Å². The van der Waals surface area contributed by atoms with Gasteiger partial charge < -0.3 is 9.84 Å². The van der Waals surface area contributed by atoms with Gasteiger partial charge in [0.2, 0.25) is 0 Å². The SMILES string of the molecule is CCOc1ccc(CN2CCCCC2CCO)cc1. The van der Waals surface area contributed by atoms with Crippen molar-refractivity contribution in [2.24, 2.45) is 0 Å². The average molecular weight is 263 g/mol. The van der Waals surface area contributed by atoms with Crippen LogP contribution in [-0.4, -0.2) is 35.8 Å². The van der Waals surface area contributed by atoms with Gasteiger partial charge in [0.25, 0.3) is 0 Å². The molecule has 0 amide bonds. The van der Waals surface area contributed by atoms with Crippen molar-refractivity contribution in [2.75, 3.05) is 19.8 Å². The van der Waals surface area contributed by atoms with Crippen LogP contribution < -0.4 is 4.74 Å². The topological polar surface area (TPSA) is 32.7 Å². The van der Waals surface area contributed by atoms with Crippen molar-refractivity contribution in [3.63, 3.8) is 0 Å². The highest BCUT2D eigenvalue weighted by Crippen LogP contribution is 2.22. The summed E-state index contributed by atoms with van der Waals surface area (Å²) in [5.74, 6) is 0.941. The third-order valence-corrected chi connectivity index (χ3v) is 3.83. The number of hydrogen-bond acceptors (Lipinski definition) is 3. The van der Waals surface area contributed by atoms with E-state index in [2.05, 4.69) is 17.0 Å². The second-order valence-corrected chi connectivity index (χ2v) is 5.21. The lowest BCUT2D eigenvalue weighted by molar-refractivity contribution is 0.112. The summed E-state index contributed by atoms with van der Waals surface area (Å²) in [6.45, 7) is 5.14. The lowest BCUT2D eigenvalue weighted by atomic mass is 9.99. The Kier molecular flexibility index (Phi) is 5.67. The van der Waals surface area contributed by atoms with Gasteiger partial charge in [-0.3, -0.25) is 4.90 Å². The van der Waals surface area contributed by atoms with Crippen LogP contribution in [0.1, 0.15) is 38.2 Å². The summed E-state index contributed by atoms with van der Waals surface area (Å²) in [7, 11) is 0. The Hall–Kier alpha value is -1.06. The number of aliphatic hydroxyl groups is 1. The molecule has 1 aliphatic heterocycles. The van der Waals surface area contributed by atoms with Crippen LogP contribution in [0.5, 0.6) is 5.75 Å². The third kappa shape index (κ3) is 4.22. The van der Waals surface area contributed by atoms with Gasteiger partial charge in [-0.1, -0.05) is 18.6 Å². The van der Waals surface area contributed by atoms with Gasteiger partial charge in [0.05, 0.1) is 6.61 Å². The Balaban J connectivity index is 1.94. The zero-order chi connectivity index (χ0) is 13.5. The Bertz CT molecular complexity index is 362. The molecule has 1 aromatic carbocycles. The first-order valence-corrected chi connectivity index (χ1v) is 7.40. The van der Waals surface area contributed by atoms with Gasteiger partial charge in [0.15, 0.2) is 0 Å². The largest absolute Gasteiger partial charge is 0.494 e. The number of rotatable bonds is 6. The number of benzene rings is 1. The lowest BCUT2D eigenvalue weighted by Gasteiger charge is -2.35. The second-order valence-electron chi connectivity index (χ2n) is 5.21. The molecule has 0 radical (unpaired) electrons. The molecule has 0 saturated carbocycles. The van der Waals surface area contributed by atoms with Crippen LogP contribution in [0, 0.1) is 0 Å². The molecule has 0 aromatic heterocycles. The van der Waals surface area contributed by atoms with Crippen LogP contribution in [0.3, 0.4) is 0 Å². The van der Waals surface area contributed by atoms with Crippen LogP contribution in [0.15, 0.2) is 24.3 Å². The summed E-state index contributed by atoms with van der Waals surface area (Å²) < 4.78 is 5.46. The van der Waals surface area contributed by atoms with Gasteiger partial charge in [0, 0.05) is 19.2 Å². The first kappa shape index (κ1) is 14.4. The molecule has 1 N–H and O–H groups in total. The molecular weight excluding hydrogens is 238 g/mol. The average Bonchev–Trinajstić information content (AvgIpc) is 2.44. The third-order valence-electron chi connectivity index (χ3n) is 3.83. The van der Waals surface area contributed by atoms with E-state index in [4.69, 9.17) is 9.84 Å². The van der Waals surface area contributed by atoms with Crippen molar-refractivity contribution in [2.45, 2.75) is 45.2 Å². The smallest absolute Gasteiger partial charge is 0.119 e. The zero-order valence-corrected chi connectivity index (χ0v) is 11.8. The number of nitrogens with zero attached hydrogens (tertiary/aromatic N) is 1. The number of hydrogen-bond donors (Lipinski definition) is 1. The van der Waals surface area contributed by atoms with E-state index in [-0.39, 0.29) is 0 Å². The fourth-order valence-electron chi connectivity index (χ4n) is 2.84. The van der Waals surface area contributed by atoms with E-state index < -0.39 is 0 Å². The molecule has 3 nitrogen and oxygen atoms in total. The van der Waals surface area contributed by atoms with Gasteiger partial charge in [-0.25, -0.2) is 0 Å². The van der Waals surface area contributed by atoms with Crippen molar-refractivity contribution in [1.29, 1.82) is 0 Å². The van der Waals surface area contributed by atoms with Gasteiger partial charge in [-0.15, -0.1) is 0 Å². The van der Waals surface area contributed by atoms with Gasteiger partial charge in [-0.2, -0.15) is 0 Å². The quantitative estimate of drug-likeness (QED) is 0.856. The fourth-order valence-corrected chi connectivity index (χ4v) is 2.84. The van der Waals surface area contributed by atoms with Crippen LogP contribution >= 0.6 is 0 Å². The normalized spacial score (nSPS) is 20.4. The Morgan fingerprint density at radius 1 is 1.26 bits per heavy atom. The monoisotopic (exact) mass is 263 g/mol. The summed E-state index contributed by atoms with van der Waals surface area (Å²) in [6, 6.07) is 8.93. The van der Waals surface area contributed by atoms with Crippen molar-refractivity contribution in [3.8, 4) is 5.75 Å². The maximum atomic E-state index is 9.15. The first-order valence-electron chi connectivity index (χ1n) is 7.40. The summed E-state index contributed by atoms with van der Waals surface area (Å²) in [5, 5.41) is 9.15. The van der Waals surface area contributed by atoms with Crippen LogP contribution in [0.2, 0.25) is 0 Å². The Labute approximate surface area is 116 Å². The van der Waals surface area contributed by atoms with Crippen molar-refractivity contribution in [3.05, 3.63) is 29.8 Å². The highest BCUT2D eigenvalue weighted by Gasteiger charge is 2.21. The van der Waals surface area contributed by atoms with Gasteiger partial charge >= 0.3 is 0 Å². The fraction of sp³-hybridized carbons (Fsp3) is 0.625. The minimum Gasteiger partial charge on any atom is -0.494 e. The molecule has 1 aromatic rings. The van der Waals surface area contributed by atoms with Crippen LogP contribution in [0.25, 0.3) is 0 Å². The number of likely N-dealkylation sites (tertiary alicyclic amines) is 1. The van der Waals surface area contributed by atoms with E-state index in [0.29, 0.717) is 19.3 Å². The molecule has 19 heavy (non-hydrogen) atoms. The maximum absolute atomic E-state index is 9.15. The summed E-state index contributed by atoms with van der Waals surface area (Å²) in [5.41, 5.74) is 1.33. The Morgan fingerprint density at radius 2 is 2.05 bits per heavy atom. The molecule has 106 valence electrons. The molecular formula is C16H25NO2. The van der Waals surface area contributed by atoms with E-state index >= 15 is 0 Å². The highest BCUT2D eigenvalue weighted by molar-refractivity contribution is 5.27. The summed E-state index contributed by atoms with van der Waals surface area (Å²) in [4.78, 5) is 2.51. The molecule has 1 unspecified atom stereocenters. The molecule has 3 heteroatoms. The molecule has 1 heterocycles. The zero-order valence-electron chi connectivity index (χ0n) is 11.8. The number of piperidine rings is 1. The maximum Gasteiger partial charge on any atom is 0.119 e. The van der Waals surface area contributed by atoms with Crippen LogP contribution in [-0.2, 0) is 6.54 Å². The number of ether oxygens (including phenoxy) is 1. The molecule has 1 fully saturated rings. The Morgan fingerprint density at radius 3 is 2.74 bits per heavy atom. The van der Waals surface area contributed by atoms with Crippen molar-refractivity contribution < 1.29 is 9.84 Å². The van der Waals surface area contributed by atoms with E-state index in [1.807, 2.05) is 19.1 Å². The van der Waals surface area contributed by atoms with Gasteiger partial charge in [0.1, 0.15) is 5.75 Å². The number of aliphatic hydroxyl groups excluding tert-OH is 1. The van der Waals surface area contributed by atoms with E-state index in [1.165, 1.54) is 24.8 Å². The molecule has 2 rings (SSSR count). The predicted molar refractivity (Wildman–Crippen MR) is 77.4 cm³/mol. The highest BCUT2D eigenvalue weighted by atomic mass is 16.5. The predicted octanol–water partition coefficient (Wildman–Crippen LogP) is 2.82. The summed E-state index contributed by atoms with van der Waals surface area (Å²) in [6.07, 6.45) is 4.69. The molecule has 1 atom stereocenters. The standard InChI is InChI=1S/C16H25NO2/c1-2-19-16-8-6-14(7-9-16)13-17-11-4-3-5-15(17)10-12-18/h6-9,15,18H,2-5,10-13H2,1H3. The second kappa shape index (κ2) is 7.51. The molecule has 0 spiro atoms. The molecule has 0 bridgehead atoms. The molecule has 1 saturated heterocycles. The minimum absolute atomic E-state index is 0.296. The molecule has 1 aliphatic rings. The van der Waals surface area contributed by atoms with Crippen LogP contribution in [0.4, 0.5) is 0 Å². The lowest BCUT2D eigenvalue weighted by Crippen LogP contribution is -2.39. The minimum atomic E-state index is 0.296. The molecule has 0 aliphatic carbocycles. The van der Waals surface area contributed by atoms with Gasteiger partial charge in [-0.05, 0) is 50.4 Å².